The molecule has 0 radical (unpaired) electrons. The minimum atomic E-state index is 0.496. The molecule has 0 spiro atoms. The molecule has 28 aromatic rings. The van der Waals surface area contributed by atoms with Crippen molar-refractivity contribution in [1.29, 1.82) is 0 Å². The number of para-hydroxylation sites is 8. The Labute approximate surface area is 819 Å². The molecular weight excluding hydrogens is 1750 g/mol. The first-order valence-corrected chi connectivity index (χ1v) is 47.5. The van der Waals surface area contributed by atoms with Crippen LogP contribution >= 0.6 is 0 Å². The molecule has 18 aromatic carbocycles. The summed E-state index contributed by atoms with van der Waals surface area (Å²) in [6.45, 7) is 0. The van der Waals surface area contributed by atoms with Gasteiger partial charge >= 0.3 is 0 Å². The second kappa shape index (κ2) is 36.1. The van der Waals surface area contributed by atoms with E-state index in [4.69, 9.17) is 63.7 Å². The molecule has 0 saturated carbocycles. The van der Waals surface area contributed by atoms with E-state index in [0.717, 1.165) is 222 Å². The maximum Gasteiger partial charge on any atom is 0.240 e. The van der Waals surface area contributed by atoms with Gasteiger partial charge in [-0.05, 0) is 59.7 Å². The third-order valence-electron chi connectivity index (χ3n) is 26.4. The molecule has 28 rings (SSSR count). The summed E-state index contributed by atoms with van der Waals surface area (Å²) in [6.07, 6.45) is 0. The van der Waals surface area contributed by atoms with Crippen molar-refractivity contribution < 1.29 is 8.83 Å². The zero-order valence-electron chi connectivity index (χ0n) is 76.8. The van der Waals surface area contributed by atoms with Crippen molar-refractivity contribution in [3.8, 4) is 153 Å². The number of fused-ring (bicyclic) bond motifs is 15. The summed E-state index contributed by atoms with van der Waals surface area (Å²) >= 11 is 0. The molecule has 0 N–H and O–H groups in total. The van der Waals surface area contributed by atoms with E-state index in [1.165, 1.54) is 0 Å². The molecule has 0 unspecified atom stereocenters. The minimum Gasteiger partial charge on any atom is -0.455 e. The Kier molecular flexibility index (Phi) is 21.2. The smallest absolute Gasteiger partial charge is 0.240 e. The molecule has 16 heteroatoms. The predicted octanol–water partition coefficient (Wildman–Crippen LogP) is 31.5. The van der Waals surface area contributed by atoms with Crippen LogP contribution < -0.4 is 0 Å². The molecule has 0 aliphatic heterocycles. The lowest BCUT2D eigenvalue weighted by molar-refractivity contribution is 0.669. The van der Waals surface area contributed by atoms with Crippen LogP contribution in [0.25, 0.3) is 263 Å². The maximum atomic E-state index is 6.41. The van der Waals surface area contributed by atoms with E-state index < -0.39 is 0 Å². The van der Waals surface area contributed by atoms with Gasteiger partial charge in [-0.2, -0.15) is 9.97 Å². The highest BCUT2D eigenvalue weighted by Crippen LogP contribution is 2.46. The van der Waals surface area contributed by atoms with Crippen LogP contribution in [0.5, 0.6) is 0 Å². The SMILES string of the molecule is c1ccc(-c2cc(-c3ccccc3)nc(-n3c4ccccc4c4c(-c5ccccc5)nc(-c5ccccc5)nc43)n2)cc1.c1ccc(-c2nc(-c3ccccc3)nc(-n3c4ccccc4c4c(-c5ccccc5)nc(-c5ccccc5)nc43)n2)cc1.c1ccc(-n2c3ccccc3c3c(-c4ccc(-c5cccc6c5oc5ccccc56)cc4)nc(-c4ccc(-c5cccc6c5oc5ccccc56)cc4)nc32)cc1. The van der Waals surface area contributed by atoms with Crippen LogP contribution in [0, 0.1) is 0 Å². The summed E-state index contributed by atoms with van der Waals surface area (Å²) in [5, 5.41) is 10.6. The number of benzene rings is 18. The Hall–Kier alpha value is -19.7. The van der Waals surface area contributed by atoms with E-state index in [-0.39, 0.29) is 0 Å². The van der Waals surface area contributed by atoms with Gasteiger partial charge in [0.1, 0.15) is 28.0 Å². The van der Waals surface area contributed by atoms with Crippen molar-refractivity contribution in [1.82, 2.24) is 68.5 Å². The van der Waals surface area contributed by atoms with Crippen molar-refractivity contribution >= 4 is 110 Å². The molecule has 10 heterocycles. The lowest BCUT2D eigenvalue weighted by Crippen LogP contribution is -2.07. The average Bonchev–Trinajstić information content (AvgIpc) is 1.55. The van der Waals surface area contributed by atoms with Gasteiger partial charge in [0.05, 0.1) is 61.2 Å². The predicted molar refractivity (Wildman–Crippen MR) is 578 cm³/mol. The first-order chi connectivity index (χ1) is 70.9. The molecule has 0 aliphatic rings. The van der Waals surface area contributed by atoms with Gasteiger partial charge in [0.2, 0.25) is 11.9 Å². The van der Waals surface area contributed by atoms with Crippen molar-refractivity contribution in [3.63, 3.8) is 0 Å². The molecule has 0 amide bonds. The van der Waals surface area contributed by atoms with E-state index in [9.17, 15) is 0 Å². The normalized spacial score (nSPS) is 11.5. The molecule has 0 bridgehead atoms. The molecule has 143 heavy (non-hydrogen) atoms. The van der Waals surface area contributed by atoms with Crippen LogP contribution in [-0.2, 0) is 0 Å². The Bertz CT molecular complexity index is 9230. The number of rotatable bonds is 15. The molecule has 16 nitrogen and oxygen atoms in total. The van der Waals surface area contributed by atoms with Gasteiger partial charge in [-0.25, -0.2) is 44.9 Å². The third kappa shape index (κ3) is 15.4. The highest BCUT2D eigenvalue weighted by Gasteiger charge is 2.29. The van der Waals surface area contributed by atoms with Crippen molar-refractivity contribution in [2.45, 2.75) is 0 Å². The standard InChI is InChI=1S/C52H31N3O2.C38H25N5.C37H24N6/c1-2-12-36(13-3-1)55-44-21-7-4-16-43(44)47-48(34-28-24-32(25-29-34)37-17-10-19-41-39-14-5-8-22-45(39)56-49(37)41)53-51(54-52(47)55)35-30-26-33(27-31-35)38-18-11-20-42-40-15-6-9-23-46(40)57-50(38)42;1-5-15-26(16-6-1)31-25-32(27-17-7-2-8-18-27)40-38(39-31)43-33-24-14-13-23-30(33)34-35(28-19-9-3-10-20-28)41-36(42-37(34)43)29-21-11-4-12-22-29;1-5-15-25(16-6-1)32-31-29-23-13-14-24-30(29)43(36(31)40-33(38-32)26-17-7-2-8-18-26)37-41-34(27-19-9-3-10-20-27)39-35(42-37)28-21-11-4-12-22-28/h1-31H;1-25H;1-24H. The van der Waals surface area contributed by atoms with Gasteiger partial charge in [0.15, 0.2) is 40.4 Å². The Balaban J connectivity index is 0.000000111. The van der Waals surface area contributed by atoms with Crippen LogP contribution in [0.3, 0.4) is 0 Å². The molecule has 0 fully saturated rings. The van der Waals surface area contributed by atoms with Crippen LogP contribution in [-0.4, -0.2) is 68.5 Å². The first-order valence-electron chi connectivity index (χ1n) is 47.5. The quantitative estimate of drug-likeness (QED) is 0.0946. The number of furan rings is 2. The topological polar surface area (TPSA) is 183 Å². The van der Waals surface area contributed by atoms with Crippen molar-refractivity contribution in [3.05, 3.63) is 485 Å². The van der Waals surface area contributed by atoms with E-state index in [1.54, 1.807) is 0 Å². The largest absolute Gasteiger partial charge is 0.455 e. The van der Waals surface area contributed by atoms with Gasteiger partial charge in [0, 0.05) is 110 Å². The van der Waals surface area contributed by atoms with Gasteiger partial charge in [-0.15, -0.1) is 0 Å². The fourth-order valence-corrected chi connectivity index (χ4v) is 19.7. The molecule has 10 aromatic heterocycles. The monoisotopic (exact) mass is 1830 g/mol. The van der Waals surface area contributed by atoms with Gasteiger partial charge < -0.3 is 8.83 Å². The second-order valence-electron chi connectivity index (χ2n) is 35.0. The summed E-state index contributed by atoms with van der Waals surface area (Å²) in [7, 11) is 0. The van der Waals surface area contributed by atoms with Crippen molar-refractivity contribution in [2.75, 3.05) is 0 Å². The number of nitrogens with zero attached hydrogens (tertiary/aromatic N) is 14. The number of aromatic nitrogens is 14. The summed E-state index contributed by atoms with van der Waals surface area (Å²) in [5.74, 6) is 4.18. The lowest BCUT2D eigenvalue weighted by Gasteiger charge is -2.12. The summed E-state index contributed by atoms with van der Waals surface area (Å²) in [6, 6.07) is 165. The maximum absolute atomic E-state index is 6.41. The molecule has 0 aliphatic carbocycles. The van der Waals surface area contributed by atoms with Crippen LogP contribution in [0.1, 0.15) is 0 Å². The van der Waals surface area contributed by atoms with Crippen LogP contribution in [0.2, 0.25) is 0 Å². The molecular formula is C127H80N14O2. The van der Waals surface area contributed by atoms with Crippen LogP contribution in [0.4, 0.5) is 0 Å². The van der Waals surface area contributed by atoms with Gasteiger partial charge in [0.25, 0.3) is 0 Å². The highest BCUT2D eigenvalue weighted by molar-refractivity contribution is 6.18. The van der Waals surface area contributed by atoms with E-state index in [1.807, 2.05) is 247 Å². The number of hydrogen-bond acceptors (Lipinski definition) is 13. The lowest BCUT2D eigenvalue weighted by atomic mass is 9.99. The Morgan fingerprint density at radius 2 is 0.427 bits per heavy atom. The summed E-state index contributed by atoms with van der Waals surface area (Å²) < 4.78 is 19.2. The zero-order valence-corrected chi connectivity index (χ0v) is 76.8. The third-order valence-corrected chi connectivity index (χ3v) is 26.4. The van der Waals surface area contributed by atoms with E-state index >= 15 is 0 Å². The number of hydrogen-bond donors (Lipinski definition) is 0. The molecule has 0 saturated heterocycles. The Morgan fingerprint density at radius 1 is 0.168 bits per heavy atom. The van der Waals surface area contributed by atoms with Gasteiger partial charge in [-0.1, -0.05) is 437 Å². The summed E-state index contributed by atoms with van der Waals surface area (Å²) in [5.41, 5.74) is 28.2. The minimum absolute atomic E-state index is 0.496. The summed E-state index contributed by atoms with van der Waals surface area (Å²) in [4.78, 5) is 56.9. The van der Waals surface area contributed by atoms with E-state index in [2.05, 4.69) is 252 Å². The fraction of sp³-hybridized carbons (Fsp3) is 0. The highest BCUT2D eigenvalue weighted by atomic mass is 16.3. The van der Waals surface area contributed by atoms with Gasteiger partial charge in [-0.3, -0.25) is 13.7 Å². The van der Waals surface area contributed by atoms with Crippen LogP contribution in [0.15, 0.2) is 494 Å². The molecule has 670 valence electrons. The average molecular weight is 1830 g/mol. The second-order valence-corrected chi connectivity index (χ2v) is 35.0. The van der Waals surface area contributed by atoms with Crippen molar-refractivity contribution in [2.24, 2.45) is 0 Å². The first kappa shape index (κ1) is 83.8. The zero-order chi connectivity index (χ0) is 94.6. The van der Waals surface area contributed by atoms with E-state index in [0.29, 0.717) is 41.0 Å². The fourth-order valence-electron chi connectivity index (χ4n) is 19.7. The Morgan fingerprint density at radius 3 is 0.797 bits per heavy atom. The molecule has 0 atom stereocenters.